The Labute approximate surface area is 99.6 Å². The largest absolute Gasteiger partial charge is 0.386 e. The topological polar surface area (TPSA) is 38.0 Å². The molecule has 0 aliphatic carbocycles. The van der Waals surface area contributed by atoms with Crippen molar-refractivity contribution < 1.29 is 5.11 Å². The molecule has 0 aliphatic heterocycles. The van der Waals surface area contributed by atoms with E-state index in [1.807, 2.05) is 11.6 Å². The molecule has 1 N–H and O–H groups in total. The minimum absolute atomic E-state index is 0.129. The molecule has 1 atom stereocenters. The van der Waals surface area contributed by atoms with Gasteiger partial charge in [-0.3, -0.25) is 4.68 Å². The van der Waals surface area contributed by atoms with Crippen LogP contribution < -0.4 is 0 Å². The second-order valence-electron chi connectivity index (χ2n) is 4.44. The number of halogens is 1. The number of aromatic nitrogens is 2. The highest BCUT2D eigenvalue weighted by Crippen LogP contribution is 2.38. The van der Waals surface area contributed by atoms with Gasteiger partial charge in [0.15, 0.2) is 0 Å². The summed E-state index contributed by atoms with van der Waals surface area (Å²) in [4.78, 5) is 0. The van der Waals surface area contributed by atoms with E-state index in [-0.39, 0.29) is 5.41 Å². The molecule has 15 heavy (non-hydrogen) atoms. The smallest absolute Gasteiger partial charge is 0.102 e. The maximum atomic E-state index is 10.3. The Kier molecular flexibility index (Phi) is 3.95. The van der Waals surface area contributed by atoms with Crippen molar-refractivity contribution in [1.82, 2.24) is 9.78 Å². The second kappa shape index (κ2) is 4.66. The standard InChI is InChI=1S/C11H19BrN2O/c1-5-11(3,4)10(15)9-8(12)7-13-14(9)6-2/h7,10,15H,5-6H2,1-4H3. The monoisotopic (exact) mass is 274 g/mol. The third-order valence-electron chi connectivity index (χ3n) is 3.04. The van der Waals surface area contributed by atoms with Gasteiger partial charge in [0.1, 0.15) is 6.10 Å². The highest BCUT2D eigenvalue weighted by Gasteiger charge is 2.31. The van der Waals surface area contributed by atoms with Crippen LogP contribution in [0, 0.1) is 5.41 Å². The van der Waals surface area contributed by atoms with E-state index in [9.17, 15) is 5.11 Å². The van der Waals surface area contributed by atoms with Crippen LogP contribution in [0.5, 0.6) is 0 Å². The number of hydrogen-bond donors (Lipinski definition) is 1. The molecule has 0 amide bonds. The first-order chi connectivity index (χ1) is 6.94. The third-order valence-corrected chi connectivity index (χ3v) is 3.65. The predicted octanol–water partition coefficient (Wildman–Crippen LogP) is 3.14. The normalized spacial score (nSPS) is 14.3. The van der Waals surface area contributed by atoms with Gasteiger partial charge < -0.3 is 5.11 Å². The Hall–Kier alpha value is -0.350. The van der Waals surface area contributed by atoms with Gasteiger partial charge in [-0.2, -0.15) is 5.10 Å². The maximum Gasteiger partial charge on any atom is 0.102 e. The highest BCUT2D eigenvalue weighted by molar-refractivity contribution is 9.10. The molecule has 0 aliphatic rings. The minimum atomic E-state index is -0.487. The lowest BCUT2D eigenvalue weighted by Gasteiger charge is -2.29. The van der Waals surface area contributed by atoms with Gasteiger partial charge in [0.25, 0.3) is 0 Å². The van der Waals surface area contributed by atoms with Crippen LogP contribution in [0.2, 0.25) is 0 Å². The van der Waals surface area contributed by atoms with Crippen LogP contribution in [-0.2, 0) is 6.54 Å². The molecule has 4 heteroatoms. The highest BCUT2D eigenvalue weighted by atomic mass is 79.9. The van der Waals surface area contributed by atoms with Gasteiger partial charge in [-0.1, -0.05) is 20.8 Å². The molecule has 0 saturated heterocycles. The van der Waals surface area contributed by atoms with Crippen molar-refractivity contribution in [3.8, 4) is 0 Å². The molecule has 0 radical (unpaired) electrons. The second-order valence-corrected chi connectivity index (χ2v) is 5.29. The molecule has 1 heterocycles. The molecular weight excluding hydrogens is 256 g/mol. The molecule has 1 aromatic rings. The molecule has 0 bridgehead atoms. The van der Waals surface area contributed by atoms with Gasteiger partial charge in [-0.25, -0.2) is 0 Å². The third kappa shape index (κ3) is 2.42. The molecule has 86 valence electrons. The summed E-state index contributed by atoms with van der Waals surface area (Å²) < 4.78 is 2.73. The summed E-state index contributed by atoms with van der Waals surface area (Å²) in [6, 6.07) is 0. The summed E-state index contributed by atoms with van der Waals surface area (Å²) in [6.45, 7) is 9.02. The zero-order valence-electron chi connectivity index (χ0n) is 9.79. The van der Waals surface area contributed by atoms with E-state index in [2.05, 4.69) is 41.8 Å². The Morgan fingerprint density at radius 3 is 2.60 bits per heavy atom. The average Bonchev–Trinajstić information content (AvgIpc) is 2.58. The fourth-order valence-electron chi connectivity index (χ4n) is 1.46. The summed E-state index contributed by atoms with van der Waals surface area (Å²) in [5.41, 5.74) is 0.750. The Morgan fingerprint density at radius 2 is 2.13 bits per heavy atom. The Bertz CT molecular complexity index is 333. The van der Waals surface area contributed by atoms with Crippen LogP contribution in [0.1, 0.15) is 45.9 Å². The summed E-state index contributed by atoms with van der Waals surface area (Å²) in [7, 11) is 0. The van der Waals surface area contributed by atoms with E-state index >= 15 is 0 Å². The Morgan fingerprint density at radius 1 is 1.53 bits per heavy atom. The van der Waals surface area contributed by atoms with E-state index in [1.54, 1.807) is 6.20 Å². The van der Waals surface area contributed by atoms with Crippen LogP contribution in [0.15, 0.2) is 10.7 Å². The van der Waals surface area contributed by atoms with Crippen molar-refractivity contribution in [1.29, 1.82) is 0 Å². The fourth-order valence-corrected chi connectivity index (χ4v) is 1.97. The van der Waals surface area contributed by atoms with Gasteiger partial charge in [0, 0.05) is 6.54 Å². The first-order valence-electron chi connectivity index (χ1n) is 5.33. The molecule has 0 spiro atoms. The van der Waals surface area contributed by atoms with Crippen molar-refractivity contribution in [3.05, 3.63) is 16.4 Å². The van der Waals surface area contributed by atoms with Crippen LogP contribution in [0.4, 0.5) is 0 Å². The number of aryl methyl sites for hydroxylation is 1. The van der Waals surface area contributed by atoms with Crippen molar-refractivity contribution in [3.63, 3.8) is 0 Å². The van der Waals surface area contributed by atoms with Gasteiger partial charge >= 0.3 is 0 Å². The van der Waals surface area contributed by atoms with Gasteiger partial charge in [0.05, 0.1) is 16.4 Å². The SMILES string of the molecule is CCn1ncc(Br)c1C(O)C(C)(C)CC. The maximum absolute atomic E-state index is 10.3. The average molecular weight is 275 g/mol. The molecule has 0 fully saturated rings. The lowest BCUT2D eigenvalue weighted by Crippen LogP contribution is -2.24. The lowest BCUT2D eigenvalue weighted by atomic mass is 9.82. The van der Waals surface area contributed by atoms with Crippen molar-refractivity contribution in [2.75, 3.05) is 0 Å². The fraction of sp³-hybridized carbons (Fsp3) is 0.727. The van der Waals surface area contributed by atoms with Crippen molar-refractivity contribution in [2.24, 2.45) is 5.41 Å². The van der Waals surface area contributed by atoms with E-state index in [0.29, 0.717) is 0 Å². The van der Waals surface area contributed by atoms with E-state index in [1.165, 1.54) is 0 Å². The van der Waals surface area contributed by atoms with Gasteiger partial charge in [0.2, 0.25) is 0 Å². The number of nitrogens with zero attached hydrogens (tertiary/aromatic N) is 2. The minimum Gasteiger partial charge on any atom is -0.386 e. The summed E-state index contributed by atoms with van der Waals surface area (Å²) in [6.07, 6.45) is 2.18. The van der Waals surface area contributed by atoms with Gasteiger partial charge in [-0.15, -0.1) is 0 Å². The molecule has 3 nitrogen and oxygen atoms in total. The van der Waals surface area contributed by atoms with Crippen LogP contribution in [-0.4, -0.2) is 14.9 Å². The quantitative estimate of drug-likeness (QED) is 0.916. The lowest BCUT2D eigenvalue weighted by molar-refractivity contribution is 0.0386. The summed E-state index contributed by atoms with van der Waals surface area (Å²) in [5.74, 6) is 0. The summed E-state index contributed by atoms with van der Waals surface area (Å²) >= 11 is 3.44. The van der Waals surface area contributed by atoms with Crippen LogP contribution >= 0.6 is 15.9 Å². The van der Waals surface area contributed by atoms with E-state index < -0.39 is 6.10 Å². The molecule has 1 aromatic heterocycles. The number of hydrogen-bond acceptors (Lipinski definition) is 2. The van der Waals surface area contributed by atoms with Crippen LogP contribution in [0.3, 0.4) is 0 Å². The number of aliphatic hydroxyl groups excluding tert-OH is 1. The van der Waals surface area contributed by atoms with Crippen molar-refractivity contribution >= 4 is 15.9 Å². The summed E-state index contributed by atoms with van der Waals surface area (Å²) in [5, 5.41) is 14.6. The molecule has 0 saturated carbocycles. The number of aliphatic hydroxyl groups is 1. The zero-order chi connectivity index (χ0) is 11.6. The Balaban J connectivity index is 3.09. The van der Waals surface area contributed by atoms with Gasteiger partial charge in [-0.05, 0) is 34.7 Å². The van der Waals surface area contributed by atoms with E-state index in [0.717, 1.165) is 23.1 Å². The number of rotatable bonds is 4. The first-order valence-corrected chi connectivity index (χ1v) is 6.12. The molecular formula is C11H19BrN2O. The first kappa shape index (κ1) is 12.7. The van der Waals surface area contributed by atoms with E-state index in [4.69, 9.17) is 0 Å². The molecule has 1 rings (SSSR count). The van der Waals surface area contributed by atoms with Crippen molar-refractivity contribution in [2.45, 2.75) is 46.8 Å². The predicted molar refractivity (Wildman–Crippen MR) is 64.6 cm³/mol. The molecule has 0 aromatic carbocycles. The zero-order valence-corrected chi connectivity index (χ0v) is 11.4. The van der Waals surface area contributed by atoms with Crippen LogP contribution in [0.25, 0.3) is 0 Å². The molecule has 1 unspecified atom stereocenters.